The van der Waals surface area contributed by atoms with Crippen LogP contribution >= 0.6 is 11.6 Å². The molecule has 8 nitrogen and oxygen atoms in total. The number of sulfonamides is 1. The number of carbonyl (C=O) groups is 2. The van der Waals surface area contributed by atoms with Gasteiger partial charge in [0, 0.05) is 18.1 Å². The Kier molecular flexibility index (Phi) is 10.4. The molecule has 0 bridgehead atoms. The van der Waals surface area contributed by atoms with Gasteiger partial charge in [-0.3, -0.25) is 13.9 Å². The minimum atomic E-state index is -3.80. The van der Waals surface area contributed by atoms with Crippen molar-refractivity contribution in [3.05, 3.63) is 59.1 Å². The van der Waals surface area contributed by atoms with Crippen molar-refractivity contribution >= 4 is 39.1 Å². The lowest BCUT2D eigenvalue weighted by atomic mass is 10.1. The molecular weight excluding hydrogens is 490 g/mol. The molecule has 2 aromatic rings. The van der Waals surface area contributed by atoms with Gasteiger partial charge >= 0.3 is 0 Å². The molecule has 1 N–H and O–H groups in total. The molecule has 1 atom stereocenters. The third kappa shape index (κ3) is 8.74. The van der Waals surface area contributed by atoms with Crippen LogP contribution in [0.15, 0.2) is 48.5 Å². The first kappa shape index (κ1) is 28.5. The van der Waals surface area contributed by atoms with Crippen LogP contribution in [-0.2, 0) is 26.2 Å². The topological polar surface area (TPSA) is 96.0 Å². The molecule has 0 saturated carbocycles. The Balaban J connectivity index is 2.35. The SMILES string of the molecule is CCOc1ccc(N(CC(=O)N(Cc2cccc(Cl)c2)[C@@H](C)C(=O)NCC(C)C)S(C)(=O)=O)cc1. The maximum absolute atomic E-state index is 13.5. The molecule has 0 saturated heterocycles. The van der Waals surface area contributed by atoms with Crippen molar-refractivity contribution in [3.8, 4) is 5.75 Å². The summed E-state index contributed by atoms with van der Waals surface area (Å²) < 4.78 is 31.7. The Morgan fingerprint density at radius 2 is 1.74 bits per heavy atom. The quantitative estimate of drug-likeness (QED) is 0.457. The molecule has 0 fully saturated rings. The van der Waals surface area contributed by atoms with E-state index in [9.17, 15) is 18.0 Å². The number of ether oxygens (including phenoxy) is 1. The molecule has 0 aliphatic rings. The standard InChI is InChI=1S/C25H34ClN3O5S/c1-6-34-23-12-10-22(11-13-23)29(35(5,32)33)17-24(30)28(16-20-8-7-9-21(26)14-20)19(4)25(31)27-15-18(2)3/h7-14,18-19H,6,15-17H2,1-5H3,(H,27,31)/t19-/m0/s1. The number of carbonyl (C=O) groups excluding carboxylic acids is 2. The Morgan fingerprint density at radius 1 is 1.09 bits per heavy atom. The largest absolute Gasteiger partial charge is 0.494 e. The molecule has 0 aromatic heterocycles. The highest BCUT2D eigenvalue weighted by Crippen LogP contribution is 2.23. The minimum Gasteiger partial charge on any atom is -0.494 e. The highest BCUT2D eigenvalue weighted by Gasteiger charge is 2.30. The second-order valence-electron chi connectivity index (χ2n) is 8.66. The van der Waals surface area contributed by atoms with E-state index in [1.165, 1.54) is 4.90 Å². The Morgan fingerprint density at radius 3 is 2.29 bits per heavy atom. The first-order valence-corrected chi connectivity index (χ1v) is 13.7. The normalized spacial score (nSPS) is 12.2. The van der Waals surface area contributed by atoms with Gasteiger partial charge in [0.25, 0.3) is 0 Å². The van der Waals surface area contributed by atoms with E-state index in [4.69, 9.17) is 16.3 Å². The molecule has 192 valence electrons. The number of nitrogens with zero attached hydrogens (tertiary/aromatic N) is 2. The van der Waals surface area contributed by atoms with E-state index in [0.29, 0.717) is 29.6 Å². The lowest BCUT2D eigenvalue weighted by Gasteiger charge is -2.31. The van der Waals surface area contributed by atoms with Crippen LogP contribution in [0.3, 0.4) is 0 Å². The van der Waals surface area contributed by atoms with Gasteiger partial charge in [-0.05, 0) is 61.7 Å². The van der Waals surface area contributed by atoms with Crippen molar-refractivity contribution in [1.29, 1.82) is 0 Å². The second-order valence-corrected chi connectivity index (χ2v) is 11.0. The summed E-state index contributed by atoms with van der Waals surface area (Å²) in [6.45, 7) is 7.99. The van der Waals surface area contributed by atoms with E-state index in [1.807, 2.05) is 20.8 Å². The van der Waals surface area contributed by atoms with Gasteiger partial charge < -0.3 is 15.0 Å². The van der Waals surface area contributed by atoms with Gasteiger partial charge in [-0.2, -0.15) is 0 Å². The lowest BCUT2D eigenvalue weighted by molar-refractivity contribution is -0.139. The number of amides is 2. The lowest BCUT2D eigenvalue weighted by Crippen LogP contribution is -2.51. The smallest absolute Gasteiger partial charge is 0.244 e. The van der Waals surface area contributed by atoms with Crippen LogP contribution in [0, 0.1) is 5.92 Å². The number of hydrogen-bond donors (Lipinski definition) is 1. The van der Waals surface area contributed by atoms with E-state index >= 15 is 0 Å². The summed E-state index contributed by atoms with van der Waals surface area (Å²) in [5, 5.41) is 3.34. The van der Waals surface area contributed by atoms with Gasteiger partial charge in [0.05, 0.1) is 18.6 Å². The maximum atomic E-state index is 13.5. The van der Waals surface area contributed by atoms with Gasteiger partial charge in [-0.1, -0.05) is 37.6 Å². The van der Waals surface area contributed by atoms with Crippen molar-refractivity contribution in [2.45, 2.75) is 40.3 Å². The van der Waals surface area contributed by atoms with Crippen molar-refractivity contribution in [3.63, 3.8) is 0 Å². The van der Waals surface area contributed by atoms with Crippen LogP contribution in [0.5, 0.6) is 5.75 Å². The summed E-state index contributed by atoms with van der Waals surface area (Å²) in [4.78, 5) is 27.7. The zero-order chi connectivity index (χ0) is 26.2. The van der Waals surface area contributed by atoms with Crippen LogP contribution in [0.4, 0.5) is 5.69 Å². The van der Waals surface area contributed by atoms with Crippen LogP contribution < -0.4 is 14.4 Å². The second kappa shape index (κ2) is 12.8. The number of halogens is 1. The van der Waals surface area contributed by atoms with Crippen molar-refractivity contribution < 1.29 is 22.7 Å². The first-order valence-electron chi connectivity index (χ1n) is 11.4. The van der Waals surface area contributed by atoms with E-state index in [1.54, 1.807) is 55.5 Å². The molecular formula is C25H34ClN3O5S. The average Bonchev–Trinajstić information content (AvgIpc) is 2.79. The molecule has 0 unspecified atom stereocenters. The first-order chi connectivity index (χ1) is 16.4. The van der Waals surface area contributed by atoms with Crippen LogP contribution in [0.25, 0.3) is 0 Å². The molecule has 10 heteroatoms. The predicted molar refractivity (Wildman–Crippen MR) is 139 cm³/mol. The molecule has 2 amide bonds. The van der Waals surface area contributed by atoms with Gasteiger partial charge in [0.15, 0.2) is 0 Å². The molecule has 0 aliphatic carbocycles. The third-order valence-electron chi connectivity index (χ3n) is 5.21. The predicted octanol–water partition coefficient (Wildman–Crippen LogP) is 3.69. The van der Waals surface area contributed by atoms with Crippen LogP contribution in [0.1, 0.15) is 33.3 Å². The van der Waals surface area contributed by atoms with Crippen molar-refractivity contribution in [2.75, 3.05) is 30.3 Å². The molecule has 35 heavy (non-hydrogen) atoms. The highest BCUT2D eigenvalue weighted by atomic mass is 35.5. The fourth-order valence-corrected chi connectivity index (χ4v) is 4.42. The molecule has 2 aromatic carbocycles. The minimum absolute atomic E-state index is 0.0938. The monoisotopic (exact) mass is 523 g/mol. The zero-order valence-electron chi connectivity index (χ0n) is 20.8. The molecule has 0 radical (unpaired) electrons. The fourth-order valence-electron chi connectivity index (χ4n) is 3.36. The number of rotatable bonds is 12. The summed E-state index contributed by atoms with van der Waals surface area (Å²) in [5.74, 6) is -0.00444. The molecule has 0 heterocycles. The van der Waals surface area contributed by atoms with Gasteiger partial charge in [0.2, 0.25) is 21.8 Å². The highest BCUT2D eigenvalue weighted by molar-refractivity contribution is 7.92. The van der Waals surface area contributed by atoms with Crippen molar-refractivity contribution in [2.24, 2.45) is 5.92 Å². The fraction of sp³-hybridized carbons (Fsp3) is 0.440. The van der Waals surface area contributed by atoms with Gasteiger partial charge in [-0.25, -0.2) is 8.42 Å². The zero-order valence-corrected chi connectivity index (χ0v) is 22.4. The number of hydrogen-bond acceptors (Lipinski definition) is 5. The van der Waals surface area contributed by atoms with E-state index in [0.717, 1.165) is 16.1 Å². The number of anilines is 1. The van der Waals surface area contributed by atoms with E-state index in [-0.39, 0.29) is 18.4 Å². The van der Waals surface area contributed by atoms with Crippen LogP contribution in [0.2, 0.25) is 5.02 Å². The van der Waals surface area contributed by atoms with Crippen molar-refractivity contribution in [1.82, 2.24) is 10.2 Å². The molecule has 0 aliphatic heterocycles. The summed E-state index contributed by atoms with van der Waals surface area (Å²) in [7, 11) is -3.80. The average molecular weight is 524 g/mol. The number of nitrogens with one attached hydrogen (secondary N) is 1. The maximum Gasteiger partial charge on any atom is 0.244 e. The summed E-state index contributed by atoms with van der Waals surface area (Å²) in [6.07, 6.45) is 1.04. The van der Waals surface area contributed by atoms with Gasteiger partial charge in [-0.15, -0.1) is 0 Å². The summed E-state index contributed by atoms with van der Waals surface area (Å²) in [6, 6.07) is 12.6. The summed E-state index contributed by atoms with van der Waals surface area (Å²) >= 11 is 6.11. The molecule has 0 spiro atoms. The molecule has 2 rings (SSSR count). The van der Waals surface area contributed by atoms with Gasteiger partial charge in [0.1, 0.15) is 18.3 Å². The van der Waals surface area contributed by atoms with E-state index in [2.05, 4.69) is 5.32 Å². The van der Waals surface area contributed by atoms with Crippen LogP contribution in [-0.4, -0.2) is 57.1 Å². The number of benzene rings is 2. The Labute approximate surface area is 213 Å². The Bertz CT molecular complexity index is 1110. The Hall–Kier alpha value is -2.78. The summed E-state index contributed by atoms with van der Waals surface area (Å²) in [5.41, 5.74) is 1.05. The third-order valence-corrected chi connectivity index (χ3v) is 6.58. The van der Waals surface area contributed by atoms with E-state index < -0.39 is 28.5 Å².